The fourth-order valence-electron chi connectivity index (χ4n) is 2.74. The van der Waals surface area contributed by atoms with Gasteiger partial charge in [-0.1, -0.05) is 37.3 Å². The number of hydrogen-bond donors (Lipinski definition) is 2. The van der Waals surface area contributed by atoms with E-state index in [0.29, 0.717) is 11.8 Å². The van der Waals surface area contributed by atoms with Gasteiger partial charge in [0.2, 0.25) is 0 Å². The van der Waals surface area contributed by atoms with Crippen molar-refractivity contribution in [3.63, 3.8) is 0 Å². The lowest BCUT2D eigenvalue weighted by Crippen LogP contribution is -2.36. The van der Waals surface area contributed by atoms with Gasteiger partial charge in [0.25, 0.3) is 0 Å². The molecule has 1 aromatic rings. The van der Waals surface area contributed by atoms with Gasteiger partial charge in [0, 0.05) is 5.92 Å². The zero-order valence-electron chi connectivity index (χ0n) is 11.2. The molecule has 98 valence electrons. The highest BCUT2D eigenvalue weighted by atomic mass is 15.1. The van der Waals surface area contributed by atoms with Crippen molar-refractivity contribution in [1.82, 2.24) is 5.32 Å². The molecular weight excluding hydrogens is 220 g/mol. The van der Waals surface area contributed by atoms with E-state index in [1.54, 1.807) is 0 Å². The summed E-state index contributed by atoms with van der Waals surface area (Å²) in [6.07, 6.45) is 5.59. The number of rotatable bonds is 5. The maximum absolute atomic E-state index is 6.06. The van der Waals surface area contributed by atoms with E-state index in [4.69, 9.17) is 5.73 Å². The summed E-state index contributed by atoms with van der Waals surface area (Å²) in [5, 5.41) is 3.31. The highest BCUT2D eigenvalue weighted by Gasteiger charge is 2.25. The zero-order valence-corrected chi connectivity index (χ0v) is 11.2. The predicted octanol–water partition coefficient (Wildman–Crippen LogP) is 2.80. The Labute approximate surface area is 110 Å². The second-order valence-electron chi connectivity index (χ2n) is 5.20. The lowest BCUT2D eigenvalue weighted by molar-refractivity contribution is 0.414. The van der Waals surface area contributed by atoms with E-state index >= 15 is 0 Å². The van der Waals surface area contributed by atoms with Crippen LogP contribution in [-0.2, 0) is 6.42 Å². The molecule has 0 saturated carbocycles. The van der Waals surface area contributed by atoms with Crippen LogP contribution in [0.2, 0.25) is 0 Å². The van der Waals surface area contributed by atoms with Crippen molar-refractivity contribution < 1.29 is 0 Å². The SMILES string of the molecule is C=CC(CC1CCNC1N)c1ccc(CC)cc1. The molecule has 3 unspecified atom stereocenters. The molecule has 3 N–H and O–H groups in total. The summed E-state index contributed by atoms with van der Waals surface area (Å²) in [7, 11) is 0. The maximum Gasteiger partial charge on any atom is 0.0576 e. The van der Waals surface area contributed by atoms with Gasteiger partial charge in [-0.2, -0.15) is 0 Å². The first-order chi connectivity index (χ1) is 8.74. The van der Waals surface area contributed by atoms with Gasteiger partial charge < -0.3 is 11.1 Å². The molecule has 0 amide bonds. The highest BCUT2D eigenvalue weighted by Crippen LogP contribution is 2.29. The molecule has 1 fully saturated rings. The Hall–Kier alpha value is -1.12. The Morgan fingerprint density at radius 1 is 1.44 bits per heavy atom. The van der Waals surface area contributed by atoms with Crippen molar-refractivity contribution in [2.24, 2.45) is 11.7 Å². The van der Waals surface area contributed by atoms with E-state index in [-0.39, 0.29) is 6.17 Å². The van der Waals surface area contributed by atoms with Gasteiger partial charge in [-0.25, -0.2) is 0 Å². The van der Waals surface area contributed by atoms with Crippen LogP contribution in [0, 0.1) is 5.92 Å². The third kappa shape index (κ3) is 3.01. The summed E-state index contributed by atoms with van der Waals surface area (Å²) in [5.74, 6) is 0.991. The van der Waals surface area contributed by atoms with E-state index in [2.05, 4.69) is 49.2 Å². The summed E-state index contributed by atoms with van der Waals surface area (Å²) < 4.78 is 0. The summed E-state index contributed by atoms with van der Waals surface area (Å²) in [4.78, 5) is 0. The van der Waals surface area contributed by atoms with Gasteiger partial charge in [-0.3, -0.25) is 0 Å². The van der Waals surface area contributed by atoms with Crippen LogP contribution in [0.4, 0.5) is 0 Å². The van der Waals surface area contributed by atoms with Crippen molar-refractivity contribution in [2.45, 2.75) is 38.3 Å². The van der Waals surface area contributed by atoms with Crippen molar-refractivity contribution in [3.8, 4) is 0 Å². The van der Waals surface area contributed by atoms with Gasteiger partial charge in [0.15, 0.2) is 0 Å². The third-order valence-electron chi connectivity index (χ3n) is 4.06. The van der Waals surface area contributed by atoms with Gasteiger partial charge in [0.1, 0.15) is 0 Å². The molecular formula is C16H24N2. The number of hydrogen-bond acceptors (Lipinski definition) is 2. The second kappa shape index (κ2) is 6.17. The molecule has 2 heteroatoms. The summed E-state index contributed by atoms with van der Waals surface area (Å²) in [6, 6.07) is 8.91. The molecule has 1 aliphatic heterocycles. The van der Waals surface area contributed by atoms with Gasteiger partial charge in [0.05, 0.1) is 6.17 Å². The van der Waals surface area contributed by atoms with Crippen molar-refractivity contribution in [3.05, 3.63) is 48.0 Å². The molecule has 0 spiro atoms. The van der Waals surface area contributed by atoms with Crippen LogP contribution < -0.4 is 11.1 Å². The zero-order chi connectivity index (χ0) is 13.0. The summed E-state index contributed by atoms with van der Waals surface area (Å²) in [6.45, 7) is 7.22. The molecule has 2 rings (SSSR count). The third-order valence-corrected chi connectivity index (χ3v) is 4.06. The Morgan fingerprint density at radius 2 is 2.17 bits per heavy atom. The number of nitrogens with one attached hydrogen (secondary N) is 1. The van der Waals surface area contributed by atoms with Crippen LogP contribution in [0.1, 0.15) is 36.8 Å². The average Bonchev–Trinajstić information content (AvgIpc) is 2.81. The molecule has 1 heterocycles. The molecule has 18 heavy (non-hydrogen) atoms. The quantitative estimate of drug-likeness (QED) is 0.782. The van der Waals surface area contributed by atoms with Crippen LogP contribution in [0.15, 0.2) is 36.9 Å². The first-order valence-corrected chi connectivity index (χ1v) is 6.95. The van der Waals surface area contributed by atoms with E-state index in [0.717, 1.165) is 19.4 Å². The van der Waals surface area contributed by atoms with Crippen LogP contribution in [-0.4, -0.2) is 12.7 Å². The second-order valence-corrected chi connectivity index (χ2v) is 5.20. The van der Waals surface area contributed by atoms with Gasteiger partial charge >= 0.3 is 0 Å². The first kappa shape index (κ1) is 13.3. The topological polar surface area (TPSA) is 38.0 Å². The van der Waals surface area contributed by atoms with Gasteiger partial charge in [-0.05, 0) is 42.9 Å². The molecule has 0 aliphatic carbocycles. The van der Waals surface area contributed by atoms with Crippen molar-refractivity contribution >= 4 is 0 Å². The molecule has 3 atom stereocenters. The van der Waals surface area contributed by atoms with Gasteiger partial charge in [-0.15, -0.1) is 6.58 Å². The largest absolute Gasteiger partial charge is 0.316 e. The van der Waals surface area contributed by atoms with E-state index < -0.39 is 0 Å². The van der Waals surface area contributed by atoms with Crippen molar-refractivity contribution in [1.29, 1.82) is 0 Å². The fraction of sp³-hybridized carbons (Fsp3) is 0.500. The molecule has 0 aromatic heterocycles. The Morgan fingerprint density at radius 3 is 2.67 bits per heavy atom. The monoisotopic (exact) mass is 244 g/mol. The lowest BCUT2D eigenvalue weighted by Gasteiger charge is -2.21. The molecule has 1 aromatic carbocycles. The summed E-state index contributed by atoms with van der Waals surface area (Å²) >= 11 is 0. The molecule has 1 aliphatic rings. The molecule has 0 radical (unpaired) electrons. The first-order valence-electron chi connectivity index (χ1n) is 6.95. The standard InChI is InChI=1S/C16H24N2/c1-3-12-5-7-14(8-6-12)13(4-2)11-15-9-10-18-16(15)17/h4-8,13,15-16,18H,2-3,9-11,17H2,1H3. The number of benzene rings is 1. The van der Waals surface area contributed by atoms with E-state index in [1.165, 1.54) is 17.5 Å². The van der Waals surface area contributed by atoms with Crippen molar-refractivity contribution in [2.75, 3.05) is 6.54 Å². The summed E-state index contributed by atoms with van der Waals surface area (Å²) in [5.41, 5.74) is 8.81. The van der Waals surface area contributed by atoms with Crippen LogP contribution in [0.5, 0.6) is 0 Å². The highest BCUT2D eigenvalue weighted by molar-refractivity contribution is 5.28. The lowest BCUT2D eigenvalue weighted by atomic mass is 9.87. The Bertz CT molecular complexity index is 383. The molecule has 0 bridgehead atoms. The minimum atomic E-state index is 0.155. The Balaban J connectivity index is 2.05. The van der Waals surface area contributed by atoms with Crippen LogP contribution >= 0.6 is 0 Å². The normalized spacial score (nSPS) is 25.0. The average molecular weight is 244 g/mol. The minimum Gasteiger partial charge on any atom is -0.316 e. The van der Waals surface area contributed by atoms with E-state index in [9.17, 15) is 0 Å². The number of allylic oxidation sites excluding steroid dienone is 1. The van der Waals surface area contributed by atoms with E-state index in [1.807, 2.05) is 0 Å². The fourth-order valence-corrected chi connectivity index (χ4v) is 2.74. The number of aryl methyl sites for hydroxylation is 1. The van der Waals surface area contributed by atoms with Crippen LogP contribution in [0.3, 0.4) is 0 Å². The Kier molecular flexibility index (Phi) is 4.56. The number of nitrogens with two attached hydrogens (primary N) is 1. The molecule has 2 nitrogen and oxygen atoms in total. The minimum absolute atomic E-state index is 0.155. The predicted molar refractivity (Wildman–Crippen MR) is 77.5 cm³/mol. The molecule has 1 saturated heterocycles. The van der Waals surface area contributed by atoms with Crippen LogP contribution in [0.25, 0.3) is 0 Å². The maximum atomic E-state index is 6.06. The smallest absolute Gasteiger partial charge is 0.0576 e.